The van der Waals surface area contributed by atoms with Gasteiger partial charge in [-0.2, -0.15) is 0 Å². The molecule has 0 rings (SSSR count). The molecule has 0 atom stereocenters. The van der Waals surface area contributed by atoms with Crippen molar-refractivity contribution >= 4 is 8.32 Å². The standard InChI is InChI=1S/C9H23NOSi/c1-8-10(5)11-12(6,7)9(2,3)4/h8H2,1-7H3. The van der Waals surface area contributed by atoms with Crippen molar-refractivity contribution in [3.05, 3.63) is 0 Å². The maximum absolute atomic E-state index is 5.92. The van der Waals surface area contributed by atoms with E-state index in [0.29, 0.717) is 5.04 Å². The molecule has 0 unspecified atom stereocenters. The molecule has 12 heavy (non-hydrogen) atoms. The van der Waals surface area contributed by atoms with Crippen LogP contribution in [0.25, 0.3) is 0 Å². The van der Waals surface area contributed by atoms with Gasteiger partial charge in [0.1, 0.15) is 0 Å². The Hall–Kier alpha value is 0.137. The van der Waals surface area contributed by atoms with Crippen LogP contribution < -0.4 is 0 Å². The first-order valence-corrected chi connectivity index (χ1v) is 7.52. The first-order chi connectivity index (χ1) is 5.20. The van der Waals surface area contributed by atoms with Crippen LogP contribution in [-0.4, -0.2) is 27.0 Å². The Morgan fingerprint density at radius 2 is 1.67 bits per heavy atom. The largest absolute Gasteiger partial charge is 0.343 e. The summed E-state index contributed by atoms with van der Waals surface area (Å²) in [6, 6.07) is 0. The van der Waals surface area contributed by atoms with Gasteiger partial charge in [-0.1, -0.05) is 27.7 Å². The molecule has 0 aliphatic carbocycles. The zero-order valence-electron chi connectivity index (χ0n) is 9.56. The summed E-state index contributed by atoms with van der Waals surface area (Å²) in [5.74, 6) is 0. The minimum absolute atomic E-state index is 0.302. The second-order valence-corrected chi connectivity index (χ2v) is 9.50. The Balaban J connectivity index is 4.22. The van der Waals surface area contributed by atoms with Gasteiger partial charge in [-0.25, -0.2) is 5.06 Å². The lowest BCUT2D eigenvalue weighted by Crippen LogP contribution is -2.45. The van der Waals surface area contributed by atoms with Gasteiger partial charge in [-0.15, -0.1) is 0 Å². The Labute approximate surface area is 78.0 Å². The molecule has 0 aliphatic rings. The molecule has 0 fully saturated rings. The Bertz CT molecular complexity index is 140. The molecule has 0 heterocycles. The summed E-state index contributed by atoms with van der Waals surface area (Å²) in [5, 5.41) is 2.24. The summed E-state index contributed by atoms with van der Waals surface area (Å²) in [6.07, 6.45) is 0. The van der Waals surface area contributed by atoms with E-state index in [-0.39, 0.29) is 0 Å². The summed E-state index contributed by atoms with van der Waals surface area (Å²) < 4.78 is 5.92. The van der Waals surface area contributed by atoms with Gasteiger partial charge in [0.2, 0.25) is 8.32 Å². The van der Waals surface area contributed by atoms with Crippen molar-refractivity contribution in [2.24, 2.45) is 0 Å². The van der Waals surface area contributed by atoms with Gasteiger partial charge >= 0.3 is 0 Å². The molecule has 3 heteroatoms. The average molecular weight is 189 g/mol. The van der Waals surface area contributed by atoms with Crippen LogP contribution in [0.1, 0.15) is 27.7 Å². The molecule has 0 spiro atoms. The fourth-order valence-corrected chi connectivity index (χ4v) is 1.77. The van der Waals surface area contributed by atoms with E-state index >= 15 is 0 Å². The van der Waals surface area contributed by atoms with Crippen LogP contribution in [0.5, 0.6) is 0 Å². The third-order valence-corrected chi connectivity index (χ3v) is 7.02. The topological polar surface area (TPSA) is 12.5 Å². The van der Waals surface area contributed by atoms with E-state index in [4.69, 9.17) is 4.53 Å². The quantitative estimate of drug-likeness (QED) is 0.500. The van der Waals surface area contributed by atoms with Crippen molar-refractivity contribution in [3.8, 4) is 0 Å². The van der Waals surface area contributed by atoms with Gasteiger partial charge in [0.15, 0.2) is 0 Å². The molecular weight excluding hydrogens is 166 g/mol. The Morgan fingerprint density at radius 1 is 1.25 bits per heavy atom. The number of hydroxylamine groups is 2. The van der Waals surface area contributed by atoms with Gasteiger partial charge in [-0.3, -0.25) is 0 Å². The minimum Gasteiger partial charge on any atom is -0.343 e. The van der Waals surface area contributed by atoms with E-state index in [1.807, 2.05) is 12.1 Å². The normalized spacial score (nSPS) is 14.0. The summed E-state index contributed by atoms with van der Waals surface area (Å²) in [6.45, 7) is 14.3. The van der Waals surface area contributed by atoms with Crippen LogP contribution in [0.2, 0.25) is 18.1 Å². The van der Waals surface area contributed by atoms with E-state index in [2.05, 4.69) is 40.8 Å². The molecule has 0 aromatic heterocycles. The number of nitrogens with zero attached hydrogens (tertiary/aromatic N) is 1. The summed E-state index contributed by atoms with van der Waals surface area (Å²) in [5.41, 5.74) is 0. The Morgan fingerprint density at radius 3 is 1.92 bits per heavy atom. The summed E-state index contributed by atoms with van der Waals surface area (Å²) >= 11 is 0. The third-order valence-electron chi connectivity index (χ3n) is 2.64. The van der Waals surface area contributed by atoms with Crippen LogP contribution in [0, 0.1) is 0 Å². The molecule has 74 valence electrons. The predicted octanol–water partition coefficient (Wildman–Crippen LogP) is 2.87. The van der Waals surface area contributed by atoms with Gasteiger partial charge in [0.25, 0.3) is 0 Å². The van der Waals surface area contributed by atoms with Gasteiger partial charge < -0.3 is 4.53 Å². The van der Waals surface area contributed by atoms with Gasteiger partial charge in [0.05, 0.1) is 0 Å². The van der Waals surface area contributed by atoms with Crippen molar-refractivity contribution < 1.29 is 4.53 Å². The molecule has 0 N–H and O–H groups in total. The zero-order chi connectivity index (χ0) is 9.99. The highest BCUT2D eigenvalue weighted by atomic mass is 28.4. The first kappa shape index (κ1) is 12.1. The SMILES string of the molecule is CCN(C)O[Si](C)(C)C(C)(C)C. The monoisotopic (exact) mass is 189 g/mol. The zero-order valence-corrected chi connectivity index (χ0v) is 10.6. The highest BCUT2D eigenvalue weighted by Crippen LogP contribution is 2.36. The summed E-state index contributed by atoms with van der Waals surface area (Å²) in [4.78, 5) is 0. The van der Waals surface area contributed by atoms with Crippen molar-refractivity contribution in [1.29, 1.82) is 0 Å². The van der Waals surface area contributed by atoms with Crippen molar-refractivity contribution in [2.45, 2.75) is 45.8 Å². The first-order valence-electron chi connectivity index (χ1n) is 4.61. The lowest BCUT2D eigenvalue weighted by Gasteiger charge is -2.38. The second kappa shape index (κ2) is 3.90. The lowest BCUT2D eigenvalue weighted by molar-refractivity contribution is -0.0423. The molecule has 0 aromatic carbocycles. The van der Waals surface area contributed by atoms with Gasteiger partial charge in [0, 0.05) is 13.6 Å². The minimum atomic E-state index is -1.56. The molecule has 0 aromatic rings. The van der Waals surface area contributed by atoms with Crippen LogP contribution in [0.4, 0.5) is 0 Å². The molecule has 0 amide bonds. The maximum Gasteiger partial charge on any atom is 0.220 e. The Kier molecular flexibility index (Phi) is 3.94. The number of hydrogen-bond donors (Lipinski definition) is 0. The van der Waals surface area contributed by atoms with Crippen LogP contribution in [0.15, 0.2) is 0 Å². The van der Waals surface area contributed by atoms with Crippen molar-refractivity contribution in [3.63, 3.8) is 0 Å². The molecule has 0 radical (unpaired) electrons. The smallest absolute Gasteiger partial charge is 0.220 e. The highest BCUT2D eigenvalue weighted by Gasteiger charge is 2.38. The summed E-state index contributed by atoms with van der Waals surface area (Å²) in [7, 11) is 0.437. The average Bonchev–Trinajstić information content (AvgIpc) is 1.84. The second-order valence-electron chi connectivity index (χ2n) is 4.80. The number of rotatable bonds is 3. The van der Waals surface area contributed by atoms with Gasteiger partial charge in [-0.05, 0) is 18.1 Å². The molecule has 0 aliphatic heterocycles. The molecule has 2 nitrogen and oxygen atoms in total. The lowest BCUT2D eigenvalue weighted by atomic mass is 10.2. The maximum atomic E-state index is 5.92. The van der Waals surface area contributed by atoms with Crippen molar-refractivity contribution in [2.75, 3.05) is 13.6 Å². The van der Waals surface area contributed by atoms with E-state index < -0.39 is 8.32 Å². The van der Waals surface area contributed by atoms with E-state index in [9.17, 15) is 0 Å². The van der Waals surface area contributed by atoms with E-state index in [0.717, 1.165) is 6.54 Å². The van der Waals surface area contributed by atoms with Crippen LogP contribution in [0.3, 0.4) is 0 Å². The van der Waals surface area contributed by atoms with E-state index in [1.54, 1.807) is 0 Å². The third kappa shape index (κ3) is 3.25. The number of hydrogen-bond acceptors (Lipinski definition) is 2. The molecular formula is C9H23NOSi. The molecule has 0 saturated carbocycles. The fourth-order valence-electron chi connectivity index (χ4n) is 0.591. The predicted molar refractivity (Wildman–Crippen MR) is 56.6 cm³/mol. The fraction of sp³-hybridized carbons (Fsp3) is 1.00. The van der Waals surface area contributed by atoms with Crippen molar-refractivity contribution in [1.82, 2.24) is 5.06 Å². The van der Waals surface area contributed by atoms with Crippen LogP contribution >= 0.6 is 0 Å². The van der Waals surface area contributed by atoms with E-state index in [1.165, 1.54) is 0 Å². The van der Waals surface area contributed by atoms with Crippen LogP contribution in [-0.2, 0) is 4.53 Å². The molecule has 0 saturated heterocycles. The highest BCUT2D eigenvalue weighted by molar-refractivity contribution is 6.74. The molecule has 0 bridgehead atoms.